The number of fused-ring (bicyclic) bond motifs is 1. The molecule has 7 nitrogen and oxygen atoms in total. The van der Waals surface area contributed by atoms with Crippen LogP contribution in [0.5, 0.6) is 11.5 Å². The maximum atomic E-state index is 12.9. The van der Waals surface area contributed by atoms with Gasteiger partial charge in [0.05, 0.1) is 20.1 Å². The van der Waals surface area contributed by atoms with E-state index in [4.69, 9.17) is 9.47 Å². The summed E-state index contributed by atoms with van der Waals surface area (Å²) in [6.07, 6.45) is 1.07. The lowest BCUT2D eigenvalue weighted by Gasteiger charge is -2.22. The Balaban J connectivity index is 1.32. The van der Waals surface area contributed by atoms with Crippen LogP contribution < -0.4 is 14.8 Å². The van der Waals surface area contributed by atoms with Crippen molar-refractivity contribution in [1.82, 2.24) is 15.1 Å². The summed E-state index contributed by atoms with van der Waals surface area (Å²) in [5.41, 5.74) is 1.08. The fourth-order valence-electron chi connectivity index (χ4n) is 4.75. The van der Waals surface area contributed by atoms with Gasteiger partial charge in [-0.3, -0.25) is 9.59 Å². The summed E-state index contributed by atoms with van der Waals surface area (Å²) >= 11 is 0. The second kappa shape index (κ2) is 7.99. The van der Waals surface area contributed by atoms with Crippen molar-refractivity contribution >= 4 is 11.8 Å². The van der Waals surface area contributed by atoms with E-state index in [2.05, 4.69) is 5.32 Å². The minimum absolute atomic E-state index is 0.0832. The van der Waals surface area contributed by atoms with Gasteiger partial charge >= 0.3 is 0 Å². The van der Waals surface area contributed by atoms with Gasteiger partial charge in [-0.25, -0.2) is 0 Å². The zero-order chi connectivity index (χ0) is 19.7. The normalized spacial score (nSPS) is 26.6. The van der Waals surface area contributed by atoms with Crippen LogP contribution in [0, 0.1) is 17.8 Å². The molecule has 3 heterocycles. The van der Waals surface area contributed by atoms with Crippen molar-refractivity contribution in [3.63, 3.8) is 0 Å². The summed E-state index contributed by atoms with van der Waals surface area (Å²) in [5.74, 6) is 2.61. The molecule has 2 amide bonds. The molecule has 0 radical (unpaired) electrons. The van der Waals surface area contributed by atoms with E-state index in [-0.39, 0.29) is 17.7 Å². The van der Waals surface area contributed by atoms with Crippen molar-refractivity contribution in [2.75, 3.05) is 53.5 Å². The molecule has 0 aliphatic carbocycles. The van der Waals surface area contributed by atoms with Crippen LogP contribution in [0.2, 0.25) is 0 Å². The van der Waals surface area contributed by atoms with E-state index in [1.54, 1.807) is 14.2 Å². The molecule has 0 bridgehead atoms. The van der Waals surface area contributed by atoms with Crippen molar-refractivity contribution in [2.24, 2.45) is 17.8 Å². The Labute approximate surface area is 166 Å². The van der Waals surface area contributed by atoms with Crippen LogP contribution in [0.15, 0.2) is 18.2 Å². The van der Waals surface area contributed by atoms with Gasteiger partial charge in [0.2, 0.25) is 11.8 Å². The third kappa shape index (κ3) is 3.68. The lowest BCUT2D eigenvalue weighted by molar-refractivity contribution is -0.135. The van der Waals surface area contributed by atoms with Gasteiger partial charge in [-0.05, 0) is 36.0 Å². The molecule has 1 unspecified atom stereocenters. The van der Waals surface area contributed by atoms with Gasteiger partial charge in [-0.15, -0.1) is 0 Å². The highest BCUT2D eigenvalue weighted by Crippen LogP contribution is 2.30. The molecule has 3 saturated heterocycles. The molecule has 0 spiro atoms. The number of nitrogens with one attached hydrogen (secondary N) is 1. The van der Waals surface area contributed by atoms with Crippen LogP contribution >= 0.6 is 0 Å². The largest absolute Gasteiger partial charge is 0.493 e. The molecule has 0 saturated carbocycles. The van der Waals surface area contributed by atoms with Crippen molar-refractivity contribution in [3.8, 4) is 11.5 Å². The number of ether oxygens (including phenoxy) is 2. The first-order valence-electron chi connectivity index (χ1n) is 10.1. The number of benzene rings is 1. The first-order valence-corrected chi connectivity index (χ1v) is 10.1. The smallest absolute Gasteiger partial charge is 0.228 e. The van der Waals surface area contributed by atoms with Crippen LogP contribution in [-0.2, 0) is 16.0 Å². The fourth-order valence-corrected chi connectivity index (χ4v) is 4.75. The van der Waals surface area contributed by atoms with E-state index in [9.17, 15) is 9.59 Å². The number of hydrogen-bond acceptors (Lipinski definition) is 5. The average molecular weight is 387 g/mol. The predicted molar refractivity (Wildman–Crippen MR) is 104 cm³/mol. The van der Waals surface area contributed by atoms with E-state index in [1.807, 2.05) is 28.0 Å². The van der Waals surface area contributed by atoms with Gasteiger partial charge in [0, 0.05) is 45.7 Å². The van der Waals surface area contributed by atoms with E-state index >= 15 is 0 Å². The van der Waals surface area contributed by atoms with Gasteiger partial charge in [-0.2, -0.15) is 0 Å². The van der Waals surface area contributed by atoms with Crippen LogP contribution in [0.3, 0.4) is 0 Å². The molecule has 3 fully saturated rings. The summed E-state index contributed by atoms with van der Waals surface area (Å²) in [7, 11) is 3.23. The molecule has 0 aromatic heterocycles. The SMILES string of the molecule is COc1ccc(CCN2CC(C(=O)N3C[C@H]4CNC[C@H]4C3)CC2=O)cc1OC. The monoisotopic (exact) mass is 387 g/mol. The maximum Gasteiger partial charge on any atom is 0.228 e. The lowest BCUT2D eigenvalue weighted by atomic mass is 10.0. The van der Waals surface area contributed by atoms with Gasteiger partial charge < -0.3 is 24.6 Å². The summed E-state index contributed by atoms with van der Waals surface area (Å²) in [6.45, 7) is 4.85. The number of amides is 2. The van der Waals surface area contributed by atoms with E-state index in [0.717, 1.165) is 38.2 Å². The highest BCUT2D eigenvalue weighted by Gasteiger charge is 2.42. The van der Waals surface area contributed by atoms with Crippen LogP contribution in [0.4, 0.5) is 0 Å². The van der Waals surface area contributed by atoms with E-state index in [0.29, 0.717) is 42.8 Å². The molecule has 3 aliphatic heterocycles. The highest BCUT2D eigenvalue weighted by atomic mass is 16.5. The van der Waals surface area contributed by atoms with Gasteiger partial charge in [-0.1, -0.05) is 6.07 Å². The minimum Gasteiger partial charge on any atom is -0.493 e. The van der Waals surface area contributed by atoms with Crippen molar-refractivity contribution in [2.45, 2.75) is 12.8 Å². The molecular formula is C21H29N3O4. The highest BCUT2D eigenvalue weighted by molar-refractivity contribution is 5.89. The zero-order valence-corrected chi connectivity index (χ0v) is 16.6. The standard InChI is InChI=1S/C21H29N3O4/c1-27-18-4-3-14(7-19(18)28-2)5-6-23-11-15(8-20(23)25)21(26)24-12-16-9-22-10-17(16)13-24/h3-4,7,15-17,22H,5-6,8-13H2,1-2H3/t15?,16-,17+. The third-order valence-electron chi connectivity index (χ3n) is 6.38. The number of carbonyl (C=O) groups is 2. The molecule has 3 atom stereocenters. The molecule has 152 valence electrons. The first kappa shape index (κ1) is 19.1. The minimum atomic E-state index is -0.190. The van der Waals surface area contributed by atoms with Crippen LogP contribution in [0.1, 0.15) is 12.0 Å². The van der Waals surface area contributed by atoms with Crippen molar-refractivity contribution in [1.29, 1.82) is 0 Å². The summed E-state index contributed by atoms with van der Waals surface area (Å²) in [6, 6.07) is 5.81. The van der Waals surface area contributed by atoms with Crippen LogP contribution in [-0.4, -0.2) is 75.1 Å². The Morgan fingerprint density at radius 2 is 1.82 bits per heavy atom. The number of carbonyl (C=O) groups excluding carboxylic acids is 2. The number of nitrogens with zero attached hydrogens (tertiary/aromatic N) is 2. The summed E-state index contributed by atoms with van der Waals surface area (Å²) < 4.78 is 10.6. The number of rotatable bonds is 6. The third-order valence-corrected chi connectivity index (χ3v) is 6.38. The maximum absolute atomic E-state index is 12.9. The summed E-state index contributed by atoms with van der Waals surface area (Å²) in [5, 5.41) is 3.40. The number of likely N-dealkylation sites (tertiary alicyclic amines) is 2. The van der Waals surface area contributed by atoms with Crippen molar-refractivity contribution in [3.05, 3.63) is 23.8 Å². The van der Waals surface area contributed by atoms with E-state index in [1.165, 1.54) is 0 Å². The van der Waals surface area contributed by atoms with Gasteiger partial charge in [0.15, 0.2) is 11.5 Å². The first-order chi connectivity index (χ1) is 13.6. The molecule has 1 aromatic carbocycles. The molecule has 3 aliphatic rings. The molecular weight excluding hydrogens is 358 g/mol. The Morgan fingerprint density at radius 3 is 2.50 bits per heavy atom. The topological polar surface area (TPSA) is 71.1 Å². The quantitative estimate of drug-likeness (QED) is 0.781. The predicted octanol–water partition coefficient (Wildman–Crippen LogP) is 0.773. The average Bonchev–Trinajstić information content (AvgIpc) is 3.40. The van der Waals surface area contributed by atoms with Gasteiger partial charge in [0.1, 0.15) is 0 Å². The second-order valence-electron chi connectivity index (χ2n) is 8.10. The summed E-state index contributed by atoms with van der Waals surface area (Å²) in [4.78, 5) is 29.2. The van der Waals surface area contributed by atoms with Crippen LogP contribution in [0.25, 0.3) is 0 Å². The Hall–Kier alpha value is -2.28. The molecule has 1 aromatic rings. The Bertz CT molecular complexity index is 741. The fraction of sp³-hybridized carbons (Fsp3) is 0.619. The van der Waals surface area contributed by atoms with Crippen molar-refractivity contribution < 1.29 is 19.1 Å². The second-order valence-corrected chi connectivity index (χ2v) is 8.10. The lowest BCUT2D eigenvalue weighted by Crippen LogP contribution is -2.37. The van der Waals surface area contributed by atoms with E-state index < -0.39 is 0 Å². The number of hydrogen-bond donors (Lipinski definition) is 1. The Morgan fingerprint density at radius 1 is 1.11 bits per heavy atom. The molecule has 4 rings (SSSR count). The van der Waals surface area contributed by atoms with Gasteiger partial charge in [0.25, 0.3) is 0 Å². The molecule has 28 heavy (non-hydrogen) atoms. The Kier molecular flexibility index (Phi) is 5.44. The molecule has 7 heteroatoms. The molecule has 1 N–H and O–H groups in total. The number of methoxy groups -OCH3 is 2. The zero-order valence-electron chi connectivity index (χ0n) is 16.6.